The molecule has 1 aromatic heterocycles. The van der Waals surface area contributed by atoms with Crippen LogP contribution in [-0.2, 0) is 21.4 Å². The molecule has 1 aromatic carbocycles. The van der Waals surface area contributed by atoms with Crippen LogP contribution in [0.2, 0.25) is 0 Å². The number of carbonyl (C=O) groups is 3. The Morgan fingerprint density at radius 3 is 2.37 bits per heavy atom. The van der Waals surface area contributed by atoms with E-state index in [1.165, 1.54) is 29.2 Å². The van der Waals surface area contributed by atoms with Crippen LogP contribution in [0.3, 0.4) is 0 Å². The monoisotopic (exact) mass is 376 g/mol. The lowest BCUT2D eigenvalue weighted by Crippen LogP contribution is -2.37. The number of hydrogen-bond acceptors (Lipinski definition) is 5. The number of aryl methyl sites for hydroxylation is 2. The van der Waals surface area contributed by atoms with Gasteiger partial charge in [0.25, 0.3) is 5.91 Å². The number of aromatic nitrogens is 2. The zero-order chi connectivity index (χ0) is 20.1. The SMILES string of the molecule is Cc1nn(C)c(C)c1C(=O)OCC(=O)N(CCC(N)=O)c1ccc(F)cc1. The van der Waals surface area contributed by atoms with Crippen LogP contribution in [0.4, 0.5) is 10.1 Å². The molecular weight excluding hydrogens is 355 g/mol. The van der Waals surface area contributed by atoms with Crippen molar-refractivity contribution in [1.82, 2.24) is 9.78 Å². The van der Waals surface area contributed by atoms with Gasteiger partial charge in [0, 0.05) is 31.4 Å². The summed E-state index contributed by atoms with van der Waals surface area (Å²) in [6.45, 7) is 2.84. The van der Waals surface area contributed by atoms with Crippen LogP contribution in [-0.4, -0.2) is 40.7 Å². The lowest BCUT2D eigenvalue weighted by atomic mass is 10.2. The van der Waals surface area contributed by atoms with Gasteiger partial charge in [0.2, 0.25) is 5.91 Å². The van der Waals surface area contributed by atoms with Crippen molar-refractivity contribution in [2.75, 3.05) is 18.1 Å². The number of esters is 1. The largest absolute Gasteiger partial charge is 0.452 e. The molecule has 27 heavy (non-hydrogen) atoms. The molecular formula is C18H21FN4O4. The highest BCUT2D eigenvalue weighted by Crippen LogP contribution is 2.17. The molecule has 0 radical (unpaired) electrons. The van der Waals surface area contributed by atoms with Crippen LogP contribution >= 0.6 is 0 Å². The maximum Gasteiger partial charge on any atom is 0.342 e. The molecule has 0 unspecified atom stereocenters. The van der Waals surface area contributed by atoms with Gasteiger partial charge in [0.15, 0.2) is 6.61 Å². The molecule has 0 aliphatic heterocycles. The first-order valence-electron chi connectivity index (χ1n) is 8.22. The number of anilines is 1. The Morgan fingerprint density at radius 1 is 1.22 bits per heavy atom. The van der Waals surface area contributed by atoms with Gasteiger partial charge in [-0.3, -0.25) is 14.3 Å². The molecule has 8 nitrogen and oxygen atoms in total. The van der Waals surface area contributed by atoms with Gasteiger partial charge >= 0.3 is 5.97 Å². The number of rotatable bonds is 7. The normalized spacial score (nSPS) is 10.5. The highest BCUT2D eigenvalue weighted by Gasteiger charge is 2.22. The molecule has 0 atom stereocenters. The third-order valence-corrected chi connectivity index (χ3v) is 4.06. The molecule has 1 heterocycles. The fourth-order valence-electron chi connectivity index (χ4n) is 2.59. The second-order valence-electron chi connectivity index (χ2n) is 5.98. The van der Waals surface area contributed by atoms with Crippen LogP contribution in [0, 0.1) is 19.7 Å². The third kappa shape index (κ3) is 4.90. The summed E-state index contributed by atoms with van der Waals surface area (Å²) >= 11 is 0. The first kappa shape index (κ1) is 20.1. The Balaban J connectivity index is 2.11. The highest BCUT2D eigenvalue weighted by atomic mass is 19.1. The number of hydrogen-bond donors (Lipinski definition) is 1. The topological polar surface area (TPSA) is 108 Å². The van der Waals surface area contributed by atoms with Gasteiger partial charge in [-0.25, -0.2) is 9.18 Å². The van der Waals surface area contributed by atoms with Gasteiger partial charge in [0.1, 0.15) is 11.4 Å². The minimum atomic E-state index is -0.666. The van der Waals surface area contributed by atoms with E-state index in [-0.39, 0.29) is 13.0 Å². The van der Waals surface area contributed by atoms with Crippen molar-refractivity contribution in [3.63, 3.8) is 0 Å². The van der Waals surface area contributed by atoms with Crippen molar-refractivity contribution < 1.29 is 23.5 Å². The maximum absolute atomic E-state index is 13.1. The molecule has 2 amide bonds. The second-order valence-corrected chi connectivity index (χ2v) is 5.98. The number of carbonyl (C=O) groups excluding carboxylic acids is 3. The van der Waals surface area contributed by atoms with E-state index >= 15 is 0 Å². The molecule has 0 fully saturated rings. The number of benzene rings is 1. The molecule has 2 N–H and O–H groups in total. The predicted molar refractivity (Wildman–Crippen MR) is 95.5 cm³/mol. The van der Waals surface area contributed by atoms with Gasteiger partial charge in [-0.05, 0) is 38.1 Å². The molecule has 0 spiro atoms. The summed E-state index contributed by atoms with van der Waals surface area (Å²) in [4.78, 5) is 37.1. The summed E-state index contributed by atoms with van der Waals surface area (Å²) in [5.41, 5.74) is 6.93. The van der Waals surface area contributed by atoms with Crippen LogP contribution in [0.15, 0.2) is 24.3 Å². The summed E-state index contributed by atoms with van der Waals surface area (Å²) in [6, 6.07) is 5.17. The minimum Gasteiger partial charge on any atom is -0.452 e. The first-order chi connectivity index (χ1) is 12.7. The average Bonchev–Trinajstić information content (AvgIpc) is 2.86. The molecule has 0 saturated carbocycles. The van der Waals surface area contributed by atoms with E-state index in [2.05, 4.69) is 5.10 Å². The molecule has 0 aliphatic carbocycles. The molecule has 0 aliphatic rings. The fourth-order valence-corrected chi connectivity index (χ4v) is 2.59. The van der Waals surface area contributed by atoms with Gasteiger partial charge in [-0.15, -0.1) is 0 Å². The molecule has 2 aromatic rings. The van der Waals surface area contributed by atoms with E-state index in [0.717, 1.165) is 0 Å². The van der Waals surface area contributed by atoms with Crippen molar-refractivity contribution in [2.45, 2.75) is 20.3 Å². The predicted octanol–water partition coefficient (Wildman–Crippen LogP) is 1.24. The summed E-state index contributed by atoms with van der Waals surface area (Å²) in [7, 11) is 1.70. The molecule has 0 bridgehead atoms. The van der Waals surface area contributed by atoms with Gasteiger partial charge in [0.05, 0.1) is 5.69 Å². The van der Waals surface area contributed by atoms with E-state index in [0.29, 0.717) is 22.6 Å². The Bertz CT molecular complexity index is 861. The van der Waals surface area contributed by atoms with Crippen molar-refractivity contribution in [3.8, 4) is 0 Å². The van der Waals surface area contributed by atoms with Gasteiger partial charge < -0.3 is 15.4 Å². The quantitative estimate of drug-likeness (QED) is 0.732. The Labute approximate surface area is 155 Å². The second kappa shape index (κ2) is 8.43. The fraction of sp³-hybridized carbons (Fsp3) is 0.333. The summed E-state index contributed by atoms with van der Waals surface area (Å²) in [5.74, 6) is -2.28. The summed E-state index contributed by atoms with van der Waals surface area (Å²) in [6.07, 6.45) is -0.0854. The van der Waals surface area contributed by atoms with E-state index < -0.39 is 30.2 Å². The molecule has 9 heteroatoms. The summed E-state index contributed by atoms with van der Waals surface area (Å²) in [5, 5.41) is 4.13. The lowest BCUT2D eigenvalue weighted by Gasteiger charge is -2.22. The smallest absolute Gasteiger partial charge is 0.342 e. The Kier molecular flexibility index (Phi) is 6.27. The number of ether oxygens (including phenoxy) is 1. The maximum atomic E-state index is 13.1. The van der Waals surface area contributed by atoms with Gasteiger partial charge in [-0.1, -0.05) is 0 Å². The first-order valence-corrected chi connectivity index (χ1v) is 8.22. The zero-order valence-corrected chi connectivity index (χ0v) is 15.4. The number of halogens is 1. The van der Waals surface area contributed by atoms with E-state index in [9.17, 15) is 18.8 Å². The van der Waals surface area contributed by atoms with Crippen LogP contribution in [0.1, 0.15) is 28.2 Å². The number of primary amides is 1. The van der Waals surface area contributed by atoms with Crippen molar-refractivity contribution in [2.24, 2.45) is 12.8 Å². The van der Waals surface area contributed by atoms with E-state index in [1.807, 2.05) is 0 Å². The standard InChI is InChI=1S/C18H21FN4O4/c1-11-17(12(2)22(3)21-11)18(26)27-10-16(25)23(9-8-15(20)24)14-6-4-13(19)5-7-14/h4-7H,8-10H2,1-3H3,(H2,20,24). The highest BCUT2D eigenvalue weighted by molar-refractivity contribution is 5.98. The van der Waals surface area contributed by atoms with Crippen molar-refractivity contribution in [3.05, 3.63) is 47.0 Å². The van der Waals surface area contributed by atoms with Crippen LogP contribution in [0.5, 0.6) is 0 Å². The minimum absolute atomic E-state index is 0.0116. The summed E-state index contributed by atoms with van der Waals surface area (Å²) < 4.78 is 19.8. The zero-order valence-electron chi connectivity index (χ0n) is 15.4. The molecule has 0 saturated heterocycles. The average molecular weight is 376 g/mol. The lowest BCUT2D eigenvalue weighted by molar-refractivity contribution is -0.121. The number of nitrogens with two attached hydrogens (primary N) is 1. The number of amides is 2. The van der Waals surface area contributed by atoms with Crippen LogP contribution in [0.25, 0.3) is 0 Å². The Morgan fingerprint density at radius 2 is 1.85 bits per heavy atom. The number of nitrogens with zero attached hydrogens (tertiary/aromatic N) is 3. The van der Waals surface area contributed by atoms with Crippen molar-refractivity contribution in [1.29, 1.82) is 0 Å². The van der Waals surface area contributed by atoms with Crippen LogP contribution < -0.4 is 10.6 Å². The third-order valence-electron chi connectivity index (χ3n) is 4.06. The molecule has 2 rings (SSSR count). The van der Waals surface area contributed by atoms with Gasteiger partial charge in [-0.2, -0.15) is 5.10 Å². The van der Waals surface area contributed by atoms with Crippen molar-refractivity contribution >= 4 is 23.5 Å². The van der Waals surface area contributed by atoms with E-state index in [1.54, 1.807) is 25.6 Å². The molecule has 144 valence electrons. The Hall–Kier alpha value is -3.23. The van der Waals surface area contributed by atoms with E-state index in [4.69, 9.17) is 10.5 Å².